The summed E-state index contributed by atoms with van der Waals surface area (Å²) in [4.78, 5) is 0. The molecule has 1 N–H and O–H groups in total. The summed E-state index contributed by atoms with van der Waals surface area (Å²) in [5.74, 6) is 0.677. The summed E-state index contributed by atoms with van der Waals surface area (Å²) >= 11 is 0. The molecule has 0 spiro atoms. The van der Waals surface area contributed by atoms with Gasteiger partial charge in [0, 0.05) is 13.2 Å². The molecule has 0 heterocycles. The standard InChI is InChI=1S/C12H26O2/c1-4-7-11(3)10-14-9-6-8-12(13)5-2/h11-13H,4-10H2,1-3H3. The minimum atomic E-state index is -0.133. The summed E-state index contributed by atoms with van der Waals surface area (Å²) in [5.41, 5.74) is 0. The number of rotatable bonds is 9. The number of ether oxygens (including phenoxy) is 1. The lowest BCUT2D eigenvalue weighted by molar-refractivity contribution is 0.0839. The van der Waals surface area contributed by atoms with Gasteiger partial charge in [0.15, 0.2) is 0 Å². The van der Waals surface area contributed by atoms with E-state index < -0.39 is 0 Å². The molecule has 2 heteroatoms. The molecule has 0 saturated heterocycles. The fourth-order valence-corrected chi connectivity index (χ4v) is 1.49. The van der Waals surface area contributed by atoms with E-state index in [2.05, 4.69) is 13.8 Å². The highest BCUT2D eigenvalue weighted by Crippen LogP contribution is 2.06. The van der Waals surface area contributed by atoms with Gasteiger partial charge in [0.05, 0.1) is 6.10 Å². The summed E-state index contributed by atoms with van der Waals surface area (Å²) in [6, 6.07) is 0. The molecule has 0 saturated carbocycles. The molecule has 2 atom stereocenters. The summed E-state index contributed by atoms with van der Waals surface area (Å²) in [6.07, 6.45) is 5.06. The smallest absolute Gasteiger partial charge is 0.0538 e. The van der Waals surface area contributed by atoms with Gasteiger partial charge in [0.2, 0.25) is 0 Å². The maximum atomic E-state index is 9.30. The normalized spacial score (nSPS) is 15.4. The molecule has 0 amide bonds. The van der Waals surface area contributed by atoms with Crippen molar-refractivity contribution < 1.29 is 9.84 Å². The Hall–Kier alpha value is -0.0800. The van der Waals surface area contributed by atoms with Crippen LogP contribution in [-0.4, -0.2) is 24.4 Å². The van der Waals surface area contributed by atoms with E-state index in [1.54, 1.807) is 0 Å². The molecule has 0 aromatic heterocycles. The van der Waals surface area contributed by atoms with Gasteiger partial charge in [-0.15, -0.1) is 0 Å². The van der Waals surface area contributed by atoms with Crippen LogP contribution >= 0.6 is 0 Å². The third-order valence-corrected chi connectivity index (χ3v) is 2.48. The van der Waals surface area contributed by atoms with Gasteiger partial charge in [-0.1, -0.05) is 27.2 Å². The van der Waals surface area contributed by atoms with E-state index in [1.807, 2.05) is 6.92 Å². The lowest BCUT2D eigenvalue weighted by Gasteiger charge is -2.11. The monoisotopic (exact) mass is 202 g/mol. The third kappa shape index (κ3) is 8.52. The van der Waals surface area contributed by atoms with Gasteiger partial charge in [0.25, 0.3) is 0 Å². The van der Waals surface area contributed by atoms with Gasteiger partial charge in [-0.25, -0.2) is 0 Å². The van der Waals surface area contributed by atoms with Crippen molar-refractivity contribution in [2.24, 2.45) is 5.92 Å². The van der Waals surface area contributed by atoms with Crippen LogP contribution in [0.4, 0.5) is 0 Å². The van der Waals surface area contributed by atoms with Gasteiger partial charge < -0.3 is 9.84 Å². The molecule has 0 aromatic carbocycles. The highest BCUT2D eigenvalue weighted by atomic mass is 16.5. The van der Waals surface area contributed by atoms with E-state index in [1.165, 1.54) is 12.8 Å². The van der Waals surface area contributed by atoms with Gasteiger partial charge >= 0.3 is 0 Å². The van der Waals surface area contributed by atoms with Crippen molar-refractivity contribution in [2.75, 3.05) is 13.2 Å². The molecule has 2 unspecified atom stereocenters. The second-order valence-corrected chi connectivity index (χ2v) is 4.17. The molecule has 0 aromatic rings. The van der Waals surface area contributed by atoms with Gasteiger partial charge in [-0.2, -0.15) is 0 Å². The van der Waals surface area contributed by atoms with E-state index in [-0.39, 0.29) is 6.10 Å². The first-order valence-corrected chi connectivity index (χ1v) is 5.96. The Morgan fingerprint density at radius 3 is 2.50 bits per heavy atom. The molecule has 2 nitrogen and oxygen atoms in total. The quantitative estimate of drug-likeness (QED) is 0.582. The zero-order valence-electron chi connectivity index (χ0n) is 9.96. The van der Waals surface area contributed by atoms with Crippen molar-refractivity contribution in [3.8, 4) is 0 Å². The van der Waals surface area contributed by atoms with Crippen molar-refractivity contribution >= 4 is 0 Å². The summed E-state index contributed by atoms with van der Waals surface area (Å²) in [6.45, 7) is 8.11. The van der Waals surface area contributed by atoms with E-state index >= 15 is 0 Å². The molecular weight excluding hydrogens is 176 g/mol. The minimum Gasteiger partial charge on any atom is -0.393 e. The van der Waals surface area contributed by atoms with Gasteiger partial charge in [-0.3, -0.25) is 0 Å². The van der Waals surface area contributed by atoms with Crippen LogP contribution in [0.1, 0.15) is 52.9 Å². The van der Waals surface area contributed by atoms with Crippen molar-refractivity contribution in [1.29, 1.82) is 0 Å². The SMILES string of the molecule is CCCC(C)COCCCC(O)CC. The predicted molar refractivity (Wildman–Crippen MR) is 60.4 cm³/mol. The Bertz CT molecular complexity index is 115. The average molecular weight is 202 g/mol. The molecule has 0 fully saturated rings. The molecule has 0 aliphatic heterocycles. The van der Waals surface area contributed by atoms with Crippen LogP contribution in [-0.2, 0) is 4.74 Å². The Morgan fingerprint density at radius 2 is 1.93 bits per heavy atom. The highest BCUT2D eigenvalue weighted by Gasteiger charge is 2.02. The molecule has 0 aliphatic carbocycles. The Kier molecular flexibility index (Phi) is 9.42. The first-order chi connectivity index (χ1) is 6.70. The number of aliphatic hydroxyl groups is 1. The van der Waals surface area contributed by atoms with Crippen molar-refractivity contribution in [2.45, 2.75) is 59.0 Å². The number of hydrogen-bond acceptors (Lipinski definition) is 2. The highest BCUT2D eigenvalue weighted by molar-refractivity contribution is 4.53. The summed E-state index contributed by atoms with van der Waals surface area (Å²) in [7, 11) is 0. The average Bonchev–Trinajstić information content (AvgIpc) is 2.17. The van der Waals surface area contributed by atoms with Crippen LogP contribution in [0, 0.1) is 5.92 Å². The third-order valence-electron chi connectivity index (χ3n) is 2.48. The van der Waals surface area contributed by atoms with E-state index in [9.17, 15) is 5.11 Å². The molecule has 0 aliphatic rings. The lowest BCUT2D eigenvalue weighted by atomic mass is 10.1. The molecule has 0 rings (SSSR count). The first-order valence-electron chi connectivity index (χ1n) is 5.96. The summed E-state index contributed by atoms with van der Waals surface area (Å²) < 4.78 is 5.53. The lowest BCUT2D eigenvalue weighted by Crippen LogP contribution is -2.09. The van der Waals surface area contributed by atoms with Gasteiger partial charge in [0.1, 0.15) is 0 Å². The van der Waals surface area contributed by atoms with Gasteiger partial charge in [-0.05, 0) is 31.6 Å². The largest absolute Gasteiger partial charge is 0.393 e. The first kappa shape index (κ1) is 13.9. The Morgan fingerprint density at radius 1 is 1.21 bits per heavy atom. The van der Waals surface area contributed by atoms with Crippen LogP contribution in [0.25, 0.3) is 0 Å². The molecular formula is C12H26O2. The Balaban J connectivity index is 3.13. The maximum Gasteiger partial charge on any atom is 0.0538 e. The summed E-state index contributed by atoms with van der Waals surface area (Å²) in [5, 5.41) is 9.30. The Labute approximate surface area is 88.7 Å². The zero-order chi connectivity index (χ0) is 10.8. The number of aliphatic hydroxyl groups excluding tert-OH is 1. The second-order valence-electron chi connectivity index (χ2n) is 4.17. The van der Waals surface area contributed by atoms with Crippen molar-refractivity contribution in [3.63, 3.8) is 0 Å². The van der Waals surface area contributed by atoms with Crippen LogP contribution in [0.15, 0.2) is 0 Å². The molecule has 86 valence electrons. The fraction of sp³-hybridized carbons (Fsp3) is 1.00. The van der Waals surface area contributed by atoms with Crippen LogP contribution < -0.4 is 0 Å². The predicted octanol–water partition coefficient (Wildman–Crippen LogP) is 2.99. The van der Waals surface area contributed by atoms with Crippen molar-refractivity contribution in [3.05, 3.63) is 0 Å². The van der Waals surface area contributed by atoms with E-state index in [0.717, 1.165) is 32.5 Å². The topological polar surface area (TPSA) is 29.5 Å². The molecule has 0 bridgehead atoms. The van der Waals surface area contributed by atoms with E-state index in [4.69, 9.17) is 4.74 Å². The number of hydrogen-bond donors (Lipinski definition) is 1. The zero-order valence-corrected chi connectivity index (χ0v) is 9.96. The fourth-order valence-electron chi connectivity index (χ4n) is 1.49. The minimum absolute atomic E-state index is 0.133. The molecule has 0 radical (unpaired) electrons. The van der Waals surface area contributed by atoms with Crippen LogP contribution in [0.3, 0.4) is 0 Å². The van der Waals surface area contributed by atoms with E-state index in [0.29, 0.717) is 5.92 Å². The van der Waals surface area contributed by atoms with Crippen molar-refractivity contribution in [1.82, 2.24) is 0 Å². The van der Waals surface area contributed by atoms with Crippen LogP contribution in [0.5, 0.6) is 0 Å². The van der Waals surface area contributed by atoms with Crippen LogP contribution in [0.2, 0.25) is 0 Å². The maximum absolute atomic E-state index is 9.30. The molecule has 14 heavy (non-hydrogen) atoms. The second kappa shape index (κ2) is 9.47.